The molecule has 0 saturated heterocycles. The fraction of sp³-hybridized carbons (Fsp3) is 0.0833. The Morgan fingerprint density at radius 2 is 1.55 bits per heavy atom. The van der Waals surface area contributed by atoms with Crippen LogP contribution in [0.5, 0.6) is 0 Å². The van der Waals surface area contributed by atoms with Crippen molar-refractivity contribution >= 4 is 34.7 Å². The van der Waals surface area contributed by atoms with Crippen molar-refractivity contribution in [2.24, 2.45) is 0 Å². The summed E-state index contributed by atoms with van der Waals surface area (Å²) >= 11 is 5.90. The van der Waals surface area contributed by atoms with Crippen molar-refractivity contribution < 1.29 is 18.4 Å². The largest absolute Gasteiger partial charge is 0.350 e. The van der Waals surface area contributed by atoms with Crippen LogP contribution in [-0.2, 0) is 16.0 Å². The van der Waals surface area contributed by atoms with E-state index in [1.54, 1.807) is 18.2 Å². The molecule has 4 nitrogen and oxygen atoms in total. The standard InChI is InChI=1S/C24H17ClF2N2O2/c25-17-8-4-15(5-9-17)12-13-29-23(30)21(16-6-10-18(26)11-7-16)22(24(29)31)28-20-3-1-2-19(27)14-20/h1-11,14,28H,12-13H2. The predicted octanol–water partition coefficient (Wildman–Crippen LogP) is 5.05. The lowest BCUT2D eigenvalue weighted by molar-refractivity contribution is -0.136. The molecule has 2 amide bonds. The van der Waals surface area contributed by atoms with E-state index < -0.39 is 23.4 Å². The van der Waals surface area contributed by atoms with E-state index in [2.05, 4.69) is 5.32 Å². The number of rotatable bonds is 6. The Labute approximate surface area is 182 Å². The van der Waals surface area contributed by atoms with Crippen molar-refractivity contribution in [2.75, 3.05) is 11.9 Å². The summed E-state index contributed by atoms with van der Waals surface area (Å²) in [5.41, 5.74) is 1.78. The van der Waals surface area contributed by atoms with Gasteiger partial charge in [-0.3, -0.25) is 14.5 Å². The van der Waals surface area contributed by atoms with E-state index in [-0.39, 0.29) is 17.8 Å². The first kappa shape index (κ1) is 20.8. The van der Waals surface area contributed by atoms with Gasteiger partial charge in [-0.1, -0.05) is 41.9 Å². The van der Waals surface area contributed by atoms with Crippen molar-refractivity contribution in [2.45, 2.75) is 6.42 Å². The highest BCUT2D eigenvalue weighted by atomic mass is 35.5. The van der Waals surface area contributed by atoms with Gasteiger partial charge >= 0.3 is 0 Å². The summed E-state index contributed by atoms with van der Waals surface area (Å²) in [6, 6.07) is 18.0. The van der Waals surface area contributed by atoms with Gasteiger partial charge in [0.2, 0.25) is 0 Å². The number of benzene rings is 3. The van der Waals surface area contributed by atoms with Crippen LogP contribution in [0.2, 0.25) is 5.02 Å². The second kappa shape index (κ2) is 8.70. The Morgan fingerprint density at radius 1 is 0.839 bits per heavy atom. The molecule has 0 radical (unpaired) electrons. The van der Waals surface area contributed by atoms with Crippen LogP contribution < -0.4 is 5.32 Å². The fourth-order valence-electron chi connectivity index (χ4n) is 3.38. The maximum atomic E-state index is 13.6. The van der Waals surface area contributed by atoms with E-state index in [1.165, 1.54) is 42.5 Å². The molecule has 3 aromatic rings. The number of imide groups is 1. The van der Waals surface area contributed by atoms with Crippen LogP contribution in [0, 0.1) is 11.6 Å². The van der Waals surface area contributed by atoms with Gasteiger partial charge in [0.05, 0.1) is 5.57 Å². The minimum atomic E-state index is -0.525. The van der Waals surface area contributed by atoms with Gasteiger partial charge in [-0.25, -0.2) is 8.78 Å². The van der Waals surface area contributed by atoms with Crippen LogP contribution in [-0.4, -0.2) is 23.3 Å². The number of carbonyl (C=O) groups excluding carboxylic acids is 2. The maximum Gasteiger partial charge on any atom is 0.278 e. The van der Waals surface area contributed by atoms with Gasteiger partial charge in [-0.15, -0.1) is 0 Å². The number of halogens is 3. The minimum Gasteiger partial charge on any atom is -0.350 e. The van der Waals surface area contributed by atoms with Gasteiger partial charge < -0.3 is 5.32 Å². The molecular weight excluding hydrogens is 422 g/mol. The number of nitrogens with zero attached hydrogens (tertiary/aromatic N) is 1. The van der Waals surface area contributed by atoms with Crippen molar-refractivity contribution in [3.05, 3.63) is 106 Å². The predicted molar refractivity (Wildman–Crippen MR) is 115 cm³/mol. The van der Waals surface area contributed by atoms with E-state index in [4.69, 9.17) is 11.6 Å². The molecule has 1 N–H and O–H groups in total. The first-order valence-corrected chi connectivity index (χ1v) is 9.93. The molecule has 0 unspecified atom stereocenters. The van der Waals surface area contributed by atoms with Crippen molar-refractivity contribution in [1.29, 1.82) is 0 Å². The summed E-state index contributed by atoms with van der Waals surface area (Å²) in [5.74, 6) is -1.96. The number of hydrogen-bond acceptors (Lipinski definition) is 3. The molecule has 1 aliphatic rings. The molecular formula is C24H17ClF2N2O2. The first-order chi connectivity index (χ1) is 14.9. The monoisotopic (exact) mass is 438 g/mol. The number of nitrogens with one attached hydrogen (secondary N) is 1. The van der Waals surface area contributed by atoms with E-state index >= 15 is 0 Å². The molecule has 0 spiro atoms. The summed E-state index contributed by atoms with van der Waals surface area (Å²) < 4.78 is 27.0. The molecule has 0 saturated carbocycles. The molecule has 1 heterocycles. The van der Waals surface area contributed by atoms with Gasteiger partial charge in [0.1, 0.15) is 17.3 Å². The van der Waals surface area contributed by atoms with Crippen LogP contribution in [0.15, 0.2) is 78.5 Å². The highest BCUT2D eigenvalue weighted by molar-refractivity contribution is 6.36. The maximum absolute atomic E-state index is 13.6. The second-order valence-electron chi connectivity index (χ2n) is 7.03. The molecule has 4 rings (SSSR count). The third-order valence-electron chi connectivity index (χ3n) is 4.93. The Bertz CT molecular complexity index is 1170. The lowest BCUT2D eigenvalue weighted by Gasteiger charge is -2.15. The van der Waals surface area contributed by atoms with Crippen LogP contribution in [0.1, 0.15) is 11.1 Å². The van der Waals surface area contributed by atoms with E-state index in [1.807, 2.05) is 12.1 Å². The van der Waals surface area contributed by atoms with Crippen molar-refractivity contribution in [1.82, 2.24) is 4.90 Å². The minimum absolute atomic E-state index is 0.0262. The third kappa shape index (κ3) is 4.49. The van der Waals surface area contributed by atoms with Crippen LogP contribution in [0.3, 0.4) is 0 Å². The first-order valence-electron chi connectivity index (χ1n) is 9.56. The second-order valence-corrected chi connectivity index (χ2v) is 7.47. The molecule has 0 aliphatic carbocycles. The Morgan fingerprint density at radius 3 is 2.23 bits per heavy atom. The van der Waals surface area contributed by atoms with Crippen LogP contribution in [0.4, 0.5) is 14.5 Å². The topological polar surface area (TPSA) is 49.4 Å². The fourth-order valence-corrected chi connectivity index (χ4v) is 3.51. The molecule has 0 bridgehead atoms. The zero-order valence-electron chi connectivity index (χ0n) is 16.2. The molecule has 7 heteroatoms. The zero-order chi connectivity index (χ0) is 22.0. The Balaban J connectivity index is 1.65. The van der Waals surface area contributed by atoms with Gasteiger partial charge in [0.25, 0.3) is 11.8 Å². The van der Waals surface area contributed by atoms with Gasteiger partial charge in [-0.2, -0.15) is 0 Å². The highest BCUT2D eigenvalue weighted by Crippen LogP contribution is 2.31. The summed E-state index contributed by atoms with van der Waals surface area (Å²) in [7, 11) is 0. The van der Waals surface area contributed by atoms with Gasteiger partial charge in [0, 0.05) is 17.3 Å². The summed E-state index contributed by atoms with van der Waals surface area (Å²) in [6.45, 7) is 0.151. The lowest BCUT2D eigenvalue weighted by atomic mass is 10.0. The molecule has 0 atom stereocenters. The summed E-state index contributed by atoms with van der Waals surface area (Å²) in [5, 5.41) is 3.47. The normalized spacial score (nSPS) is 13.8. The van der Waals surface area contributed by atoms with E-state index in [9.17, 15) is 18.4 Å². The zero-order valence-corrected chi connectivity index (χ0v) is 17.0. The molecule has 0 aromatic heterocycles. The number of amides is 2. The average molecular weight is 439 g/mol. The van der Waals surface area contributed by atoms with Crippen LogP contribution in [0.25, 0.3) is 5.57 Å². The summed E-state index contributed by atoms with van der Waals surface area (Å²) in [4.78, 5) is 27.4. The van der Waals surface area contributed by atoms with E-state index in [0.717, 1.165) is 10.5 Å². The summed E-state index contributed by atoms with van der Waals surface area (Å²) in [6.07, 6.45) is 0.443. The van der Waals surface area contributed by atoms with Crippen LogP contribution >= 0.6 is 11.6 Å². The molecule has 3 aromatic carbocycles. The SMILES string of the molecule is O=C1C(Nc2cccc(F)c2)=C(c2ccc(F)cc2)C(=O)N1CCc1ccc(Cl)cc1. The smallest absolute Gasteiger partial charge is 0.278 e. The van der Waals surface area contributed by atoms with E-state index in [0.29, 0.717) is 22.7 Å². The number of carbonyl (C=O) groups is 2. The Kier molecular flexibility index (Phi) is 5.82. The van der Waals surface area contributed by atoms with Gasteiger partial charge in [-0.05, 0) is 60.0 Å². The molecule has 156 valence electrons. The number of hydrogen-bond donors (Lipinski definition) is 1. The quantitative estimate of drug-likeness (QED) is 0.548. The molecule has 0 fully saturated rings. The van der Waals surface area contributed by atoms with Crippen molar-refractivity contribution in [3.63, 3.8) is 0 Å². The molecule has 31 heavy (non-hydrogen) atoms. The highest BCUT2D eigenvalue weighted by Gasteiger charge is 2.39. The third-order valence-corrected chi connectivity index (χ3v) is 5.18. The number of anilines is 1. The van der Waals surface area contributed by atoms with Gasteiger partial charge in [0.15, 0.2) is 0 Å². The average Bonchev–Trinajstić information content (AvgIpc) is 2.98. The Hall–Kier alpha value is -3.51. The van der Waals surface area contributed by atoms with Crippen molar-refractivity contribution in [3.8, 4) is 0 Å². The lowest BCUT2D eigenvalue weighted by Crippen LogP contribution is -2.34. The molecule has 1 aliphatic heterocycles.